The summed E-state index contributed by atoms with van der Waals surface area (Å²) in [4.78, 5) is 26.1. The van der Waals surface area contributed by atoms with Crippen LogP contribution in [0.15, 0.2) is 76.0 Å². The number of carbonyl (C=O) groups excluding carboxylic acids is 1. The van der Waals surface area contributed by atoms with Crippen molar-refractivity contribution in [2.75, 3.05) is 6.61 Å². The summed E-state index contributed by atoms with van der Waals surface area (Å²) < 4.78 is 16.9. The number of benzene rings is 3. The Bertz CT molecular complexity index is 1710. The van der Waals surface area contributed by atoms with Gasteiger partial charge < -0.3 is 49.6 Å². The Labute approximate surface area is 237 Å². The number of hydrogen-bond acceptors (Lipinski definition) is 12. The second-order valence-electron chi connectivity index (χ2n) is 9.66. The van der Waals surface area contributed by atoms with E-state index >= 15 is 0 Å². The molecule has 7 N–H and O–H groups in total. The molecule has 1 aliphatic rings. The zero-order chi connectivity index (χ0) is 30.1. The summed E-state index contributed by atoms with van der Waals surface area (Å²) in [6.45, 7) is -0.577. The van der Waals surface area contributed by atoms with E-state index in [0.717, 1.165) is 35.9 Å². The number of phenolic OH excluding ortho intramolecular Hbond substituents is 4. The molecule has 0 saturated carbocycles. The third-order valence-corrected chi connectivity index (χ3v) is 6.83. The number of fused-ring (bicyclic) bond motifs is 1. The van der Waals surface area contributed by atoms with Gasteiger partial charge in [0.05, 0.1) is 5.56 Å². The summed E-state index contributed by atoms with van der Waals surface area (Å²) >= 11 is 0. The van der Waals surface area contributed by atoms with Crippen molar-refractivity contribution in [1.82, 2.24) is 0 Å². The van der Waals surface area contributed by atoms with Crippen LogP contribution in [0.2, 0.25) is 0 Å². The van der Waals surface area contributed by atoms with Crippen LogP contribution in [0.5, 0.6) is 23.0 Å². The summed E-state index contributed by atoms with van der Waals surface area (Å²) in [6.07, 6.45) is -5.99. The number of hydrogen-bond donors (Lipinski definition) is 7. The number of aliphatic hydroxyl groups is 3. The highest BCUT2D eigenvalue weighted by atomic mass is 16.6. The molecule has 12 nitrogen and oxygen atoms in total. The van der Waals surface area contributed by atoms with E-state index in [0.29, 0.717) is 0 Å². The van der Waals surface area contributed by atoms with Crippen molar-refractivity contribution >= 4 is 23.0 Å². The fourth-order valence-electron chi connectivity index (χ4n) is 4.70. The lowest BCUT2D eigenvalue weighted by atomic mass is 9.89. The number of aliphatic hydroxyl groups excluding tert-OH is 3. The predicted octanol–water partition coefficient (Wildman–Crippen LogP) is 2.06. The molecule has 5 rings (SSSR count). The predicted molar refractivity (Wildman–Crippen MR) is 147 cm³/mol. The Morgan fingerprint density at radius 1 is 0.857 bits per heavy atom. The van der Waals surface area contributed by atoms with Gasteiger partial charge >= 0.3 is 5.97 Å². The first-order valence-electron chi connectivity index (χ1n) is 12.7. The lowest BCUT2D eigenvalue weighted by Crippen LogP contribution is -2.56. The minimum absolute atomic E-state index is 0.0209. The molecule has 0 bridgehead atoms. The maximum absolute atomic E-state index is 13.8. The van der Waals surface area contributed by atoms with Crippen molar-refractivity contribution in [3.63, 3.8) is 0 Å². The van der Waals surface area contributed by atoms with Crippen molar-refractivity contribution in [2.24, 2.45) is 0 Å². The number of esters is 1. The standard InChI is InChI=1S/C30H26O12/c31-16-11-19(34)23-20(12-16)41-29(15-7-8-17(32)18(33)10-15)24(26(23)37)30-28(39)27(38)25(36)21(42-30)13-40-22(35)9-6-14-4-2-1-3-5-14/h1-12,21,25,27-28,30-34,36,38-39H,13H2/b9-6+/t21-,25-,27+,28-,30+/m1/s1. The molecular weight excluding hydrogens is 552 g/mol. The van der Waals surface area contributed by atoms with E-state index in [-0.39, 0.29) is 22.3 Å². The highest BCUT2D eigenvalue weighted by Gasteiger charge is 2.47. The van der Waals surface area contributed by atoms with Crippen LogP contribution in [0.1, 0.15) is 17.2 Å². The van der Waals surface area contributed by atoms with Crippen LogP contribution in [0.25, 0.3) is 28.4 Å². The third kappa shape index (κ3) is 5.51. The lowest BCUT2D eigenvalue weighted by molar-refractivity contribution is -0.234. The normalized spacial score (nSPS) is 22.4. The second-order valence-corrected chi connectivity index (χ2v) is 9.66. The van der Waals surface area contributed by atoms with Gasteiger partial charge in [-0.05, 0) is 29.8 Å². The van der Waals surface area contributed by atoms with Crippen molar-refractivity contribution in [2.45, 2.75) is 30.5 Å². The molecule has 1 aliphatic heterocycles. The van der Waals surface area contributed by atoms with Gasteiger partial charge in [-0.25, -0.2) is 4.79 Å². The number of phenols is 4. The molecule has 12 heteroatoms. The molecule has 0 amide bonds. The minimum Gasteiger partial charge on any atom is -0.508 e. The largest absolute Gasteiger partial charge is 0.508 e. The van der Waals surface area contributed by atoms with Gasteiger partial charge in [-0.15, -0.1) is 0 Å². The van der Waals surface area contributed by atoms with Gasteiger partial charge in [0, 0.05) is 23.8 Å². The fraction of sp³-hybridized carbons (Fsp3) is 0.200. The molecule has 0 spiro atoms. The van der Waals surface area contributed by atoms with Crippen molar-refractivity contribution < 1.29 is 54.4 Å². The van der Waals surface area contributed by atoms with E-state index in [1.54, 1.807) is 24.3 Å². The topological polar surface area (TPSA) is 207 Å². The van der Waals surface area contributed by atoms with E-state index < -0.39 is 77.1 Å². The first kappa shape index (κ1) is 28.6. The highest BCUT2D eigenvalue weighted by molar-refractivity contribution is 5.88. The summed E-state index contributed by atoms with van der Waals surface area (Å²) in [6, 6.07) is 14.3. The molecule has 0 radical (unpaired) electrons. The fourth-order valence-corrected chi connectivity index (χ4v) is 4.70. The van der Waals surface area contributed by atoms with E-state index in [9.17, 15) is 45.3 Å². The number of aromatic hydroxyl groups is 4. The average molecular weight is 579 g/mol. The minimum atomic E-state index is -1.91. The smallest absolute Gasteiger partial charge is 0.330 e. The van der Waals surface area contributed by atoms with Crippen LogP contribution < -0.4 is 5.43 Å². The summed E-state index contributed by atoms with van der Waals surface area (Å²) in [5, 5.41) is 72.0. The van der Waals surface area contributed by atoms with Gasteiger partial charge in [0.1, 0.15) is 65.4 Å². The molecule has 3 aromatic carbocycles. The van der Waals surface area contributed by atoms with Gasteiger partial charge in [-0.3, -0.25) is 4.79 Å². The molecule has 4 aromatic rings. The maximum Gasteiger partial charge on any atom is 0.330 e. The van der Waals surface area contributed by atoms with Crippen molar-refractivity contribution in [3.8, 4) is 34.3 Å². The number of rotatable bonds is 6. The van der Waals surface area contributed by atoms with E-state index in [1.807, 2.05) is 6.07 Å². The number of carbonyl (C=O) groups is 1. The van der Waals surface area contributed by atoms with Crippen LogP contribution in [0, 0.1) is 0 Å². The Kier molecular flexibility index (Phi) is 7.87. The van der Waals surface area contributed by atoms with Crippen LogP contribution in [-0.4, -0.2) is 72.7 Å². The molecule has 1 aromatic heterocycles. The lowest BCUT2D eigenvalue weighted by Gasteiger charge is -2.40. The Hall–Kier alpha value is -4.88. The van der Waals surface area contributed by atoms with Crippen LogP contribution in [0.4, 0.5) is 0 Å². The molecule has 2 heterocycles. The van der Waals surface area contributed by atoms with Gasteiger partial charge in [0.25, 0.3) is 0 Å². The Balaban J connectivity index is 1.53. The number of ether oxygens (including phenoxy) is 2. The van der Waals surface area contributed by atoms with Gasteiger partial charge in [0.15, 0.2) is 11.5 Å². The molecule has 1 saturated heterocycles. The Morgan fingerprint density at radius 3 is 2.31 bits per heavy atom. The zero-order valence-corrected chi connectivity index (χ0v) is 21.7. The molecule has 42 heavy (non-hydrogen) atoms. The summed E-state index contributed by atoms with van der Waals surface area (Å²) in [5.74, 6) is -3.22. The molecule has 218 valence electrons. The summed E-state index contributed by atoms with van der Waals surface area (Å²) in [7, 11) is 0. The van der Waals surface area contributed by atoms with Crippen LogP contribution in [0.3, 0.4) is 0 Å². The summed E-state index contributed by atoms with van der Waals surface area (Å²) in [5.41, 5.74) is -0.856. The Morgan fingerprint density at radius 2 is 1.60 bits per heavy atom. The quantitative estimate of drug-likeness (QED) is 0.0997. The van der Waals surface area contributed by atoms with Crippen molar-refractivity contribution in [3.05, 3.63) is 88.1 Å². The molecule has 0 aliphatic carbocycles. The third-order valence-electron chi connectivity index (χ3n) is 6.83. The van der Waals surface area contributed by atoms with Crippen LogP contribution in [-0.2, 0) is 14.3 Å². The monoisotopic (exact) mass is 578 g/mol. The van der Waals surface area contributed by atoms with Gasteiger partial charge in [-0.2, -0.15) is 0 Å². The first-order valence-corrected chi connectivity index (χ1v) is 12.7. The molecule has 0 unspecified atom stereocenters. The van der Waals surface area contributed by atoms with E-state index in [4.69, 9.17) is 13.9 Å². The van der Waals surface area contributed by atoms with E-state index in [1.165, 1.54) is 12.1 Å². The second kappa shape index (κ2) is 11.5. The molecular formula is C30H26O12. The highest BCUT2D eigenvalue weighted by Crippen LogP contribution is 2.41. The first-order chi connectivity index (χ1) is 20.0. The van der Waals surface area contributed by atoms with Gasteiger partial charge in [0.2, 0.25) is 5.43 Å². The zero-order valence-electron chi connectivity index (χ0n) is 21.7. The average Bonchev–Trinajstić information content (AvgIpc) is 2.96. The molecule has 1 fully saturated rings. The SMILES string of the molecule is O=C(/C=C/c1ccccc1)OC[C@H]1O[C@@H](c2c(-c3ccc(O)c(O)c3)oc3cc(O)cc(O)c3c2=O)[C@H](O)[C@@H](O)[C@@H]1O. The van der Waals surface area contributed by atoms with Crippen molar-refractivity contribution in [1.29, 1.82) is 0 Å². The molecule has 5 atom stereocenters. The maximum atomic E-state index is 13.8. The van der Waals surface area contributed by atoms with Gasteiger partial charge in [-0.1, -0.05) is 30.3 Å². The van der Waals surface area contributed by atoms with Crippen LogP contribution >= 0.6 is 0 Å². The van der Waals surface area contributed by atoms with E-state index in [2.05, 4.69) is 0 Å².